The van der Waals surface area contributed by atoms with E-state index in [1.807, 2.05) is 55.5 Å². The van der Waals surface area contributed by atoms with E-state index in [9.17, 15) is 0 Å². The highest BCUT2D eigenvalue weighted by Gasteiger charge is 2.12. The summed E-state index contributed by atoms with van der Waals surface area (Å²) in [4.78, 5) is 0. The topological polar surface area (TPSA) is 68.0 Å². The smallest absolute Gasteiger partial charge is 0.176 e. The predicted octanol–water partition coefficient (Wildman–Crippen LogP) is 4.94. The second kappa shape index (κ2) is 7.96. The molecule has 140 valence electrons. The number of nitrogens with zero attached hydrogens (tertiary/aromatic N) is 5. The van der Waals surface area contributed by atoms with Crippen LogP contribution in [0.5, 0.6) is 0 Å². The maximum atomic E-state index is 6.52. The van der Waals surface area contributed by atoms with Crippen molar-refractivity contribution in [2.24, 2.45) is 5.10 Å². The number of benzene rings is 2. The minimum absolute atomic E-state index is 0.516. The van der Waals surface area contributed by atoms with Crippen molar-refractivity contribution < 1.29 is 0 Å². The van der Waals surface area contributed by atoms with Crippen molar-refractivity contribution in [3.8, 4) is 0 Å². The van der Waals surface area contributed by atoms with Gasteiger partial charge >= 0.3 is 0 Å². The Labute approximate surface area is 171 Å². The van der Waals surface area contributed by atoms with Crippen molar-refractivity contribution in [3.63, 3.8) is 0 Å². The molecule has 4 aromatic rings. The largest absolute Gasteiger partial charge is 0.259 e. The van der Waals surface area contributed by atoms with E-state index in [1.54, 1.807) is 17.1 Å². The lowest BCUT2D eigenvalue weighted by molar-refractivity contribution is 0.680. The molecule has 6 nitrogen and oxygen atoms in total. The fourth-order valence-corrected chi connectivity index (χ4v) is 3.26. The molecule has 8 heteroatoms. The highest BCUT2D eigenvalue weighted by Crippen LogP contribution is 2.21. The molecule has 28 heavy (non-hydrogen) atoms. The van der Waals surface area contributed by atoms with Crippen LogP contribution in [0.3, 0.4) is 0 Å². The Morgan fingerprint density at radius 3 is 2.71 bits per heavy atom. The maximum absolute atomic E-state index is 6.52. The van der Waals surface area contributed by atoms with Crippen LogP contribution in [0, 0.1) is 6.92 Å². The number of fused-ring (bicyclic) bond motifs is 1. The SMILES string of the molecule is Cc1nn(Cc2ccc(Cl)cc2)c(Cl)c1/C=N\Nc1nncc2ccccc12. The van der Waals surface area contributed by atoms with E-state index in [-0.39, 0.29) is 0 Å². The second-order valence-electron chi connectivity index (χ2n) is 6.22. The number of aromatic nitrogens is 4. The maximum Gasteiger partial charge on any atom is 0.176 e. The molecule has 0 aliphatic rings. The van der Waals surface area contributed by atoms with E-state index in [0.717, 1.165) is 27.6 Å². The van der Waals surface area contributed by atoms with Crippen molar-refractivity contribution >= 4 is 46.0 Å². The van der Waals surface area contributed by atoms with Crippen molar-refractivity contribution in [3.05, 3.63) is 81.7 Å². The average Bonchev–Trinajstić information content (AvgIpc) is 2.97. The molecule has 2 heterocycles. The molecule has 2 aromatic heterocycles. The fraction of sp³-hybridized carbons (Fsp3) is 0.100. The molecule has 0 fully saturated rings. The summed E-state index contributed by atoms with van der Waals surface area (Å²) in [6, 6.07) is 15.4. The third-order valence-corrected chi connectivity index (χ3v) is 4.94. The summed E-state index contributed by atoms with van der Waals surface area (Å²) >= 11 is 12.5. The molecule has 0 saturated carbocycles. The van der Waals surface area contributed by atoms with Crippen LogP contribution in [0.15, 0.2) is 59.8 Å². The van der Waals surface area contributed by atoms with Crippen LogP contribution < -0.4 is 5.43 Å². The Morgan fingerprint density at radius 1 is 1.11 bits per heavy atom. The molecule has 0 aliphatic heterocycles. The van der Waals surface area contributed by atoms with Gasteiger partial charge in [0.05, 0.1) is 30.2 Å². The Hall–Kier alpha value is -2.96. The number of halogens is 2. The standard InChI is InChI=1S/C20H16Cl2N6/c1-13-18(19(22)28(27-13)12-14-6-8-16(21)9-7-14)11-24-26-20-17-5-3-2-4-15(17)10-23-25-20/h2-11H,12H2,1H3,(H,25,26)/b24-11-. The first-order chi connectivity index (χ1) is 13.6. The summed E-state index contributed by atoms with van der Waals surface area (Å²) in [6.45, 7) is 2.44. The van der Waals surface area contributed by atoms with Crippen molar-refractivity contribution in [2.75, 3.05) is 5.43 Å². The number of aryl methyl sites for hydroxylation is 1. The fourth-order valence-electron chi connectivity index (χ4n) is 2.85. The van der Waals surface area contributed by atoms with Crippen molar-refractivity contribution in [2.45, 2.75) is 13.5 Å². The zero-order chi connectivity index (χ0) is 19.5. The predicted molar refractivity (Wildman–Crippen MR) is 113 cm³/mol. The van der Waals surface area contributed by atoms with Gasteiger partial charge in [0.15, 0.2) is 5.82 Å². The van der Waals surface area contributed by atoms with Gasteiger partial charge < -0.3 is 0 Å². The van der Waals surface area contributed by atoms with Gasteiger partial charge in [0.1, 0.15) is 5.15 Å². The summed E-state index contributed by atoms with van der Waals surface area (Å²) in [6.07, 6.45) is 3.36. The number of nitrogens with one attached hydrogen (secondary N) is 1. The first kappa shape index (κ1) is 18.4. The number of anilines is 1. The van der Waals surface area contributed by atoms with Crippen LogP contribution in [0.1, 0.15) is 16.8 Å². The molecule has 0 bridgehead atoms. The molecule has 1 N–H and O–H groups in total. The molecule has 0 aliphatic carbocycles. The van der Waals surface area contributed by atoms with E-state index in [2.05, 4.69) is 25.8 Å². The van der Waals surface area contributed by atoms with Crippen molar-refractivity contribution in [1.29, 1.82) is 0 Å². The van der Waals surface area contributed by atoms with E-state index in [1.165, 1.54) is 0 Å². The van der Waals surface area contributed by atoms with Gasteiger partial charge in [0.2, 0.25) is 0 Å². The highest BCUT2D eigenvalue weighted by atomic mass is 35.5. The van der Waals surface area contributed by atoms with E-state index < -0.39 is 0 Å². The highest BCUT2D eigenvalue weighted by molar-refractivity contribution is 6.32. The zero-order valence-corrected chi connectivity index (χ0v) is 16.5. The van der Waals surface area contributed by atoms with Gasteiger partial charge in [-0.3, -0.25) is 5.43 Å². The molecule has 0 atom stereocenters. The van der Waals surface area contributed by atoms with Gasteiger partial charge in [0.25, 0.3) is 0 Å². The van der Waals surface area contributed by atoms with Gasteiger partial charge in [-0.1, -0.05) is 59.6 Å². The summed E-state index contributed by atoms with van der Waals surface area (Å²) in [5, 5.41) is 20.0. The van der Waals surface area contributed by atoms with Crippen LogP contribution in [0.2, 0.25) is 10.2 Å². The lowest BCUT2D eigenvalue weighted by atomic mass is 10.2. The molecule has 0 amide bonds. The number of hydrogen-bond acceptors (Lipinski definition) is 5. The zero-order valence-electron chi connectivity index (χ0n) is 15.0. The number of hydrazone groups is 1. The minimum atomic E-state index is 0.516. The Balaban J connectivity index is 1.54. The monoisotopic (exact) mass is 410 g/mol. The van der Waals surface area contributed by atoms with Gasteiger partial charge in [-0.15, -0.1) is 5.10 Å². The van der Waals surface area contributed by atoms with Crippen LogP contribution >= 0.6 is 23.2 Å². The normalized spacial score (nSPS) is 11.4. The van der Waals surface area contributed by atoms with Crippen LogP contribution in [0.4, 0.5) is 5.82 Å². The lowest BCUT2D eigenvalue weighted by Gasteiger charge is -2.04. The number of hydrogen-bond donors (Lipinski definition) is 1. The Morgan fingerprint density at radius 2 is 1.89 bits per heavy atom. The summed E-state index contributed by atoms with van der Waals surface area (Å²) in [5.41, 5.74) is 5.53. The minimum Gasteiger partial charge on any atom is -0.259 e. The summed E-state index contributed by atoms with van der Waals surface area (Å²) < 4.78 is 1.74. The summed E-state index contributed by atoms with van der Waals surface area (Å²) in [7, 11) is 0. The molecular formula is C20H16Cl2N6. The van der Waals surface area contributed by atoms with E-state index >= 15 is 0 Å². The molecule has 4 rings (SSSR count). The molecule has 0 saturated heterocycles. The lowest BCUT2D eigenvalue weighted by Crippen LogP contribution is -2.02. The molecule has 0 unspecified atom stereocenters. The molecular weight excluding hydrogens is 395 g/mol. The summed E-state index contributed by atoms with van der Waals surface area (Å²) in [5.74, 6) is 0.580. The quantitative estimate of drug-likeness (QED) is 0.373. The van der Waals surface area contributed by atoms with Gasteiger partial charge in [-0.05, 0) is 24.6 Å². The van der Waals surface area contributed by atoms with Crippen molar-refractivity contribution in [1.82, 2.24) is 20.0 Å². The van der Waals surface area contributed by atoms with Crippen LogP contribution in [-0.2, 0) is 6.54 Å². The first-order valence-electron chi connectivity index (χ1n) is 8.58. The van der Waals surface area contributed by atoms with Gasteiger partial charge in [0, 0.05) is 15.8 Å². The van der Waals surface area contributed by atoms with Gasteiger partial charge in [-0.2, -0.15) is 15.3 Å². The Kier molecular flexibility index (Phi) is 5.23. The van der Waals surface area contributed by atoms with E-state index in [4.69, 9.17) is 23.2 Å². The van der Waals surface area contributed by atoms with Crippen LogP contribution in [-0.4, -0.2) is 26.2 Å². The second-order valence-corrected chi connectivity index (χ2v) is 7.02. The molecule has 0 radical (unpaired) electrons. The van der Waals surface area contributed by atoms with Gasteiger partial charge in [-0.25, -0.2) is 4.68 Å². The van der Waals surface area contributed by atoms with E-state index in [0.29, 0.717) is 22.5 Å². The Bertz CT molecular complexity index is 1150. The third-order valence-electron chi connectivity index (χ3n) is 4.29. The average molecular weight is 411 g/mol. The number of rotatable bonds is 5. The molecule has 2 aromatic carbocycles. The van der Waals surface area contributed by atoms with Crippen LogP contribution in [0.25, 0.3) is 10.8 Å². The first-order valence-corrected chi connectivity index (χ1v) is 9.34. The third kappa shape index (κ3) is 3.83. The molecule has 0 spiro atoms.